The van der Waals surface area contributed by atoms with Gasteiger partial charge in [0.25, 0.3) is 0 Å². The van der Waals surface area contributed by atoms with Gasteiger partial charge in [-0.3, -0.25) is 0 Å². The summed E-state index contributed by atoms with van der Waals surface area (Å²) in [4.78, 5) is 11.8. The van der Waals surface area contributed by atoms with E-state index in [2.05, 4.69) is 26.6 Å². The highest BCUT2D eigenvalue weighted by Crippen LogP contribution is 2.32. The van der Waals surface area contributed by atoms with Gasteiger partial charge in [-0.15, -0.1) is 0 Å². The number of anilines is 1. The van der Waals surface area contributed by atoms with Crippen LogP contribution < -0.4 is 20.1 Å². The largest absolute Gasteiger partial charge is 0.454 e. The molecule has 1 aliphatic rings. The smallest absolute Gasteiger partial charge is 0.319 e. The predicted octanol–water partition coefficient (Wildman–Crippen LogP) is 3.50. The molecule has 0 saturated heterocycles. The Hall–Kier alpha value is -2.21. The van der Waals surface area contributed by atoms with Crippen LogP contribution in [0.2, 0.25) is 0 Å². The van der Waals surface area contributed by atoms with E-state index in [9.17, 15) is 4.79 Å². The molecule has 2 amide bonds. The quantitative estimate of drug-likeness (QED) is 0.892. The Kier molecular flexibility index (Phi) is 3.96. The molecule has 0 bridgehead atoms. The molecule has 2 aromatic rings. The molecule has 2 aromatic carbocycles. The number of nitrogens with one attached hydrogen (secondary N) is 2. The first-order valence-corrected chi connectivity index (χ1v) is 7.19. The van der Waals surface area contributed by atoms with Gasteiger partial charge in [0.15, 0.2) is 11.5 Å². The lowest BCUT2D eigenvalue weighted by atomic mass is 10.2. The molecule has 0 atom stereocenters. The lowest BCUT2D eigenvalue weighted by Crippen LogP contribution is -2.28. The van der Waals surface area contributed by atoms with Gasteiger partial charge in [0.05, 0.1) is 0 Å². The highest BCUT2D eigenvalue weighted by molar-refractivity contribution is 9.10. The van der Waals surface area contributed by atoms with Crippen molar-refractivity contribution in [2.45, 2.75) is 6.54 Å². The molecule has 0 spiro atoms. The van der Waals surface area contributed by atoms with Crippen molar-refractivity contribution in [3.8, 4) is 11.5 Å². The van der Waals surface area contributed by atoms with E-state index < -0.39 is 0 Å². The van der Waals surface area contributed by atoms with E-state index >= 15 is 0 Å². The molecule has 21 heavy (non-hydrogen) atoms. The van der Waals surface area contributed by atoms with Crippen molar-refractivity contribution in [3.63, 3.8) is 0 Å². The first-order valence-electron chi connectivity index (χ1n) is 6.40. The lowest BCUT2D eigenvalue weighted by molar-refractivity contribution is 0.174. The molecule has 1 heterocycles. The average Bonchev–Trinajstić information content (AvgIpc) is 2.95. The maximum atomic E-state index is 11.8. The predicted molar refractivity (Wildman–Crippen MR) is 82.6 cm³/mol. The summed E-state index contributed by atoms with van der Waals surface area (Å²) in [5.41, 5.74) is 1.69. The van der Waals surface area contributed by atoms with E-state index in [1.807, 2.05) is 42.5 Å². The number of amides is 2. The number of hydrogen-bond donors (Lipinski definition) is 2. The van der Waals surface area contributed by atoms with Crippen molar-refractivity contribution >= 4 is 27.6 Å². The van der Waals surface area contributed by atoms with Crippen LogP contribution in [-0.4, -0.2) is 12.8 Å². The summed E-state index contributed by atoms with van der Waals surface area (Å²) in [5.74, 6) is 1.45. The van der Waals surface area contributed by atoms with Crippen molar-refractivity contribution < 1.29 is 14.3 Å². The van der Waals surface area contributed by atoms with Gasteiger partial charge in [-0.2, -0.15) is 0 Å². The Bertz CT molecular complexity index is 658. The fraction of sp³-hybridized carbons (Fsp3) is 0.133. The zero-order valence-corrected chi connectivity index (χ0v) is 12.6. The van der Waals surface area contributed by atoms with Crippen LogP contribution in [0.4, 0.5) is 10.5 Å². The maximum Gasteiger partial charge on any atom is 0.319 e. The number of hydrogen-bond acceptors (Lipinski definition) is 3. The first-order chi connectivity index (χ1) is 10.2. The molecule has 0 saturated carbocycles. The van der Waals surface area contributed by atoms with Crippen LogP contribution in [0.5, 0.6) is 11.5 Å². The van der Waals surface area contributed by atoms with E-state index in [-0.39, 0.29) is 12.8 Å². The number of benzene rings is 2. The van der Waals surface area contributed by atoms with Crippen molar-refractivity contribution in [2.75, 3.05) is 12.1 Å². The van der Waals surface area contributed by atoms with Gasteiger partial charge in [-0.1, -0.05) is 22.0 Å². The van der Waals surface area contributed by atoms with Gasteiger partial charge in [0.2, 0.25) is 6.79 Å². The molecular formula is C15H13BrN2O3. The van der Waals surface area contributed by atoms with Crippen molar-refractivity contribution in [1.29, 1.82) is 0 Å². The molecule has 6 heteroatoms. The van der Waals surface area contributed by atoms with Crippen LogP contribution in [0.3, 0.4) is 0 Å². The summed E-state index contributed by atoms with van der Waals surface area (Å²) >= 11 is 3.35. The van der Waals surface area contributed by atoms with Crippen molar-refractivity contribution in [2.24, 2.45) is 0 Å². The Balaban J connectivity index is 1.55. The van der Waals surface area contributed by atoms with Crippen LogP contribution in [-0.2, 0) is 6.54 Å². The van der Waals surface area contributed by atoms with Crippen LogP contribution >= 0.6 is 15.9 Å². The first kappa shape index (κ1) is 13.8. The summed E-state index contributed by atoms with van der Waals surface area (Å²) in [6, 6.07) is 12.7. The normalized spacial score (nSPS) is 12.0. The molecule has 0 radical (unpaired) electrons. The molecule has 3 rings (SSSR count). The monoisotopic (exact) mass is 348 g/mol. The standard InChI is InChI=1S/C15H13BrN2O3/c16-11-2-4-12(5-3-11)18-15(19)17-8-10-1-6-13-14(7-10)21-9-20-13/h1-7H,8-9H2,(H2,17,18,19). The van der Waals surface area contributed by atoms with E-state index in [1.54, 1.807) is 0 Å². The molecule has 108 valence electrons. The zero-order chi connectivity index (χ0) is 14.7. The summed E-state index contributed by atoms with van der Waals surface area (Å²) in [7, 11) is 0. The number of carbonyl (C=O) groups excluding carboxylic acids is 1. The van der Waals surface area contributed by atoms with Crippen LogP contribution in [0.25, 0.3) is 0 Å². The number of urea groups is 1. The summed E-state index contributed by atoms with van der Waals surface area (Å²) in [6.45, 7) is 0.662. The third kappa shape index (κ3) is 3.46. The van der Waals surface area contributed by atoms with E-state index in [1.165, 1.54) is 0 Å². The fourth-order valence-corrected chi connectivity index (χ4v) is 2.21. The van der Waals surface area contributed by atoms with E-state index in [4.69, 9.17) is 9.47 Å². The van der Waals surface area contributed by atoms with Gasteiger partial charge in [0.1, 0.15) is 0 Å². The highest BCUT2D eigenvalue weighted by Gasteiger charge is 2.13. The zero-order valence-electron chi connectivity index (χ0n) is 11.1. The molecule has 0 unspecified atom stereocenters. The maximum absolute atomic E-state index is 11.8. The van der Waals surface area contributed by atoms with Gasteiger partial charge in [0, 0.05) is 16.7 Å². The highest BCUT2D eigenvalue weighted by atomic mass is 79.9. The average molecular weight is 349 g/mol. The molecule has 1 aliphatic heterocycles. The number of fused-ring (bicyclic) bond motifs is 1. The minimum absolute atomic E-state index is 0.246. The fourth-order valence-electron chi connectivity index (χ4n) is 1.94. The van der Waals surface area contributed by atoms with Crippen molar-refractivity contribution in [1.82, 2.24) is 5.32 Å². The summed E-state index contributed by atoms with van der Waals surface area (Å²) in [5, 5.41) is 5.56. The molecular weight excluding hydrogens is 336 g/mol. The summed E-state index contributed by atoms with van der Waals surface area (Å²) in [6.07, 6.45) is 0. The number of halogens is 1. The molecule has 0 aromatic heterocycles. The second-order valence-electron chi connectivity index (χ2n) is 4.50. The minimum Gasteiger partial charge on any atom is -0.454 e. The second kappa shape index (κ2) is 6.05. The lowest BCUT2D eigenvalue weighted by Gasteiger charge is -2.08. The third-order valence-electron chi connectivity index (χ3n) is 2.99. The van der Waals surface area contributed by atoms with Gasteiger partial charge >= 0.3 is 6.03 Å². The Labute approximate surface area is 130 Å². The van der Waals surface area contributed by atoms with Crippen LogP contribution in [0.15, 0.2) is 46.9 Å². The van der Waals surface area contributed by atoms with Crippen molar-refractivity contribution in [3.05, 3.63) is 52.5 Å². The molecule has 0 fully saturated rings. The topological polar surface area (TPSA) is 59.6 Å². The number of rotatable bonds is 3. The number of carbonyl (C=O) groups is 1. The van der Waals surface area contributed by atoms with E-state index in [0.29, 0.717) is 12.3 Å². The van der Waals surface area contributed by atoms with Gasteiger partial charge < -0.3 is 20.1 Å². The Morgan fingerprint density at radius 1 is 1.10 bits per heavy atom. The molecule has 0 aliphatic carbocycles. The SMILES string of the molecule is O=C(NCc1ccc2c(c1)OCO2)Nc1ccc(Br)cc1. The molecule has 5 nitrogen and oxygen atoms in total. The summed E-state index contributed by atoms with van der Waals surface area (Å²) < 4.78 is 11.5. The Morgan fingerprint density at radius 2 is 1.86 bits per heavy atom. The number of ether oxygens (including phenoxy) is 2. The van der Waals surface area contributed by atoms with Gasteiger partial charge in [-0.25, -0.2) is 4.79 Å². The van der Waals surface area contributed by atoms with E-state index in [0.717, 1.165) is 21.5 Å². The minimum atomic E-state index is -0.255. The Morgan fingerprint density at radius 3 is 2.67 bits per heavy atom. The molecule has 2 N–H and O–H groups in total. The van der Waals surface area contributed by atoms with Gasteiger partial charge in [-0.05, 0) is 42.0 Å². The van der Waals surface area contributed by atoms with Crippen LogP contribution in [0.1, 0.15) is 5.56 Å². The third-order valence-corrected chi connectivity index (χ3v) is 3.52. The van der Waals surface area contributed by atoms with Crippen LogP contribution in [0, 0.1) is 0 Å². The second-order valence-corrected chi connectivity index (χ2v) is 5.42.